The van der Waals surface area contributed by atoms with Crippen LogP contribution in [0.5, 0.6) is 17.2 Å². The van der Waals surface area contributed by atoms with E-state index in [1.165, 1.54) is 6.07 Å². The number of rotatable bonds is 3. The summed E-state index contributed by atoms with van der Waals surface area (Å²) in [6.07, 6.45) is 0. The molecular formula is C14H12Br2FNO2. The molecule has 0 amide bonds. The topological polar surface area (TPSA) is 44.5 Å². The summed E-state index contributed by atoms with van der Waals surface area (Å²) in [7, 11) is 1.58. The Hall–Kier alpha value is -1.27. The molecule has 0 unspecified atom stereocenters. The van der Waals surface area contributed by atoms with Crippen LogP contribution in [0.25, 0.3) is 0 Å². The van der Waals surface area contributed by atoms with Gasteiger partial charge in [0.15, 0.2) is 5.75 Å². The van der Waals surface area contributed by atoms with Crippen LogP contribution in [-0.2, 0) is 0 Å². The molecule has 0 bridgehead atoms. The number of benzene rings is 2. The van der Waals surface area contributed by atoms with E-state index in [1.807, 2.05) is 0 Å². The van der Waals surface area contributed by atoms with Crippen molar-refractivity contribution in [2.24, 2.45) is 0 Å². The summed E-state index contributed by atoms with van der Waals surface area (Å²) in [6, 6.07) is 6.33. The molecule has 0 aliphatic carbocycles. The van der Waals surface area contributed by atoms with Crippen LogP contribution in [0.3, 0.4) is 0 Å². The molecule has 2 N–H and O–H groups in total. The first-order valence-corrected chi connectivity index (χ1v) is 7.27. The largest absolute Gasteiger partial charge is 0.496 e. The normalized spacial score (nSPS) is 10.4. The lowest BCUT2D eigenvalue weighted by Gasteiger charge is -2.13. The molecule has 0 aliphatic heterocycles. The molecule has 0 saturated carbocycles. The van der Waals surface area contributed by atoms with E-state index in [4.69, 9.17) is 15.2 Å². The van der Waals surface area contributed by atoms with E-state index in [0.29, 0.717) is 27.3 Å². The number of halogens is 3. The van der Waals surface area contributed by atoms with Crippen molar-refractivity contribution >= 4 is 37.5 Å². The molecule has 0 aliphatic rings. The number of hydrogen-bond acceptors (Lipinski definition) is 3. The quantitative estimate of drug-likeness (QED) is 0.728. The summed E-state index contributed by atoms with van der Waals surface area (Å²) in [4.78, 5) is 0. The van der Waals surface area contributed by atoms with Crippen LogP contribution in [0.1, 0.15) is 5.56 Å². The molecule has 0 saturated heterocycles. The minimum absolute atomic E-state index is 0.243. The number of nitrogens with two attached hydrogens (primary N) is 1. The second kappa shape index (κ2) is 6.01. The summed E-state index contributed by atoms with van der Waals surface area (Å²) >= 11 is 6.78. The van der Waals surface area contributed by atoms with Crippen molar-refractivity contribution in [3.05, 3.63) is 44.6 Å². The zero-order valence-electron chi connectivity index (χ0n) is 10.8. The van der Waals surface area contributed by atoms with Gasteiger partial charge in [0.2, 0.25) is 0 Å². The van der Waals surface area contributed by atoms with E-state index in [2.05, 4.69) is 31.9 Å². The van der Waals surface area contributed by atoms with Gasteiger partial charge < -0.3 is 15.2 Å². The monoisotopic (exact) mass is 403 g/mol. The van der Waals surface area contributed by atoms with Crippen LogP contribution < -0.4 is 15.2 Å². The maximum atomic E-state index is 13.4. The Morgan fingerprint density at radius 2 is 1.60 bits per heavy atom. The van der Waals surface area contributed by atoms with Crippen LogP contribution in [0.15, 0.2) is 33.2 Å². The highest BCUT2D eigenvalue weighted by atomic mass is 79.9. The van der Waals surface area contributed by atoms with Gasteiger partial charge in [-0.25, -0.2) is 4.39 Å². The smallest absolute Gasteiger partial charge is 0.150 e. The molecule has 6 heteroatoms. The summed E-state index contributed by atoms with van der Waals surface area (Å²) in [5.41, 5.74) is 6.48. The van der Waals surface area contributed by atoms with Gasteiger partial charge in [0.25, 0.3) is 0 Å². The van der Waals surface area contributed by atoms with Crippen LogP contribution >= 0.6 is 31.9 Å². The Morgan fingerprint density at radius 1 is 1.00 bits per heavy atom. The molecule has 0 spiro atoms. The summed E-state index contributed by atoms with van der Waals surface area (Å²) in [5.74, 6) is 1.27. The number of hydrogen-bond donors (Lipinski definition) is 1. The lowest BCUT2D eigenvalue weighted by Crippen LogP contribution is -1.96. The van der Waals surface area contributed by atoms with Crippen LogP contribution in [0.4, 0.5) is 10.1 Å². The summed E-state index contributed by atoms with van der Waals surface area (Å²) < 4.78 is 25.7. The lowest BCUT2D eigenvalue weighted by molar-refractivity contribution is 0.409. The molecule has 2 rings (SSSR count). The first-order valence-electron chi connectivity index (χ1n) is 5.69. The van der Waals surface area contributed by atoms with Gasteiger partial charge in [0, 0.05) is 6.07 Å². The first kappa shape index (κ1) is 15.1. The SMILES string of the molecule is COc1cc(Br)c(Oc2cc(C)c(F)cc2N)cc1Br. The highest BCUT2D eigenvalue weighted by Crippen LogP contribution is 2.39. The van der Waals surface area contributed by atoms with Gasteiger partial charge in [0.05, 0.1) is 21.7 Å². The molecule has 2 aromatic carbocycles. The fourth-order valence-corrected chi connectivity index (χ4v) is 2.51. The van der Waals surface area contributed by atoms with Gasteiger partial charge >= 0.3 is 0 Å². The molecule has 20 heavy (non-hydrogen) atoms. The third-order valence-electron chi connectivity index (χ3n) is 2.72. The van der Waals surface area contributed by atoms with Crippen molar-refractivity contribution in [3.63, 3.8) is 0 Å². The molecule has 0 aromatic heterocycles. The highest BCUT2D eigenvalue weighted by molar-refractivity contribution is 9.11. The van der Waals surface area contributed by atoms with Gasteiger partial charge in [-0.1, -0.05) is 0 Å². The fraction of sp³-hybridized carbons (Fsp3) is 0.143. The van der Waals surface area contributed by atoms with Crippen molar-refractivity contribution in [1.82, 2.24) is 0 Å². The van der Waals surface area contributed by atoms with Gasteiger partial charge in [-0.2, -0.15) is 0 Å². The average molecular weight is 405 g/mol. The zero-order chi connectivity index (χ0) is 14.9. The fourth-order valence-electron chi connectivity index (χ4n) is 1.62. The Morgan fingerprint density at radius 3 is 2.25 bits per heavy atom. The molecule has 3 nitrogen and oxygen atoms in total. The molecule has 0 radical (unpaired) electrons. The van der Waals surface area contributed by atoms with Gasteiger partial charge in [0.1, 0.15) is 17.3 Å². The summed E-state index contributed by atoms with van der Waals surface area (Å²) in [5, 5.41) is 0. The highest BCUT2D eigenvalue weighted by Gasteiger charge is 2.12. The van der Waals surface area contributed by atoms with Crippen molar-refractivity contribution < 1.29 is 13.9 Å². The maximum absolute atomic E-state index is 13.4. The molecule has 0 fully saturated rings. The Kier molecular flexibility index (Phi) is 4.55. The van der Waals surface area contributed by atoms with E-state index in [1.54, 1.807) is 32.2 Å². The van der Waals surface area contributed by atoms with Gasteiger partial charge in [-0.3, -0.25) is 0 Å². The van der Waals surface area contributed by atoms with E-state index < -0.39 is 0 Å². The predicted octanol–water partition coefficient (Wildman–Crippen LogP) is 5.04. The minimum atomic E-state index is -0.357. The average Bonchev–Trinajstić information content (AvgIpc) is 2.39. The van der Waals surface area contributed by atoms with E-state index in [0.717, 1.165) is 4.47 Å². The molecule has 0 heterocycles. The Bertz CT molecular complexity index is 662. The lowest BCUT2D eigenvalue weighted by atomic mass is 10.2. The number of nitrogen functional groups attached to an aromatic ring is 1. The molecule has 106 valence electrons. The summed E-state index contributed by atoms with van der Waals surface area (Å²) in [6.45, 7) is 1.65. The van der Waals surface area contributed by atoms with Gasteiger partial charge in [-0.05, 0) is 62.5 Å². The number of aryl methyl sites for hydroxylation is 1. The number of anilines is 1. The van der Waals surface area contributed by atoms with Crippen molar-refractivity contribution in [2.75, 3.05) is 12.8 Å². The van der Waals surface area contributed by atoms with Crippen molar-refractivity contribution in [2.45, 2.75) is 6.92 Å². The van der Waals surface area contributed by atoms with Crippen LogP contribution in [0.2, 0.25) is 0 Å². The Labute approximate surface area is 133 Å². The van der Waals surface area contributed by atoms with E-state index in [9.17, 15) is 4.39 Å². The molecular weight excluding hydrogens is 393 g/mol. The van der Waals surface area contributed by atoms with Gasteiger partial charge in [-0.15, -0.1) is 0 Å². The molecule has 0 atom stereocenters. The minimum Gasteiger partial charge on any atom is -0.496 e. The predicted molar refractivity (Wildman–Crippen MR) is 84.0 cm³/mol. The third-order valence-corrected chi connectivity index (χ3v) is 3.96. The van der Waals surface area contributed by atoms with Crippen molar-refractivity contribution in [3.8, 4) is 17.2 Å². The number of ether oxygens (including phenoxy) is 2. The first-order chi connectivity index (χ1) is 9.42. The van der Waals surface area contributed by atoms with E-state index in [-0.39, 0.29) is 11.5 Å². The second-order valence-electron chi connectivity index (χ2n) is 4.16. The Balaban J connectivity index is 2.40. The maximum Gasteiger partial charge on any atom is 0.150 e. The van der Waals surface area contributed by atoms with Crippen LogP contribution in [-0.4, -0.2) is 7.11 Å². The molecule has 2 aromatic rings. The van der Waals surface area contributed by atoms with Crippen molar-refractivity contribution in [1.29, 1.82) is 0 Å². The van der Waals surface area contributed by atoms with E-state index >= 15 is 0 Å². The van der Waals surface area contributed by atoms with Crippen LogP contribution in [0, 0.1) is 12.7 Å². The standard InChI is InChI=1S/C14H12Br2FNO2/c1-7-3-14(11(18)6-10(7)17)20-13-5-8(15)12(19-2)4-9(13)16/h3-6H,18H2,1-2H3. The number of methoxy groups -OCH3 is 1. The zero-order valence-corrected chi connectivity index (χ0v) is 14.0. The third kappa shape index (κ3) is 3.07. The second-order valence-corrected chi connectivity index (χ2v) is 5.87.